The van der Waals surface area contributed by atoms with Gasteiger partial charge in [0.15, 0.2) is 0 Å². The lowest BCUT2D eigenvalue weighted by molar-refractivity contribution is 0.404. The van der Waals surface area contributed by atoms with E-state index in [1.807, 2.05) is 13.8 Å². The van der Waals surface area contributed by atoms with Crippen molar-refractivity contribution < 1.29 is 12.6 Å². The molecule has 0 atom stereocenters. The number of hydrogen-bond acceptors (Lipinski definition) is 3. The fraction of sp³-hybridized carbons (Fsp3) is 0.273. The maximum atomic E-state index is 11.2. The number of rotatable bonds is 5. The molecular formula is C11H18O3S. The molecule has 0 bridgehead atoms. The lowest BCUT2D eigenvalue weighted by Crippen LogP contribution is -2.03. The molecule has 0 aliphatic rings. The van der Waals surface area contributed by atoms with Crippen LogP contribution in [0.5, 0.6) is 0 Å². The molecule has 0 aliphatic heterocycles. The predicted octanol–water partition coefficient (Wildman–Crippen LogP) is 2.80. The van der Waals surface area contributed by atoms with Crippen molar-refractivity contribution in [1.29, 1.82) is 0 Å². The van der Waals surface area contributed by atoms with Gasteiger partial charge in [-0.2, -0.15) is 8.42 Å². The molecule has 0 saturated carbocycles. The Labute approximate surface area is 92.6 Å². The average Bonchev–Trinajstić information content (AvgIpc) is 2.26. The molecule has 0 heterocycles. The topological polar surface area (TPSA) is 43.4 Å². The third kappa shape index (κ3) is 6.88. The van der Waals surface area contributed by atoms with E-state index in [2.05, 4.69) is 17.3 Å². The van der Waals surface area contributed by atoms with E-state index >= 15 is 0 Å². The van der Waals surface area contributed by atoms with E-state index in [1.165, 1.54) is 30.4 Å². The van der Waals surface area contributed by atoms with Crippen molar-refractivity contribution in [2.24, 2.45) is 0 Å². The van der Waals surface area contributed by atoms with Gasteiger partial charge in [0.05, 0.1) is 12.0 Å². The summed E-state index contributed by atoms with van der Waals surface area (Å²) >= 11 is 0. The van der Waals surface area contributed by atoms with Gasteiger partial charge in [-0.05, 0) is 12.2 Å². The number of hydrogen-bond donors (Lipinski definition) is 0. The highest BCUT2D eigenvalue weighted by atomic mass is 32.2. The van der Waals surface area contributed by atoms with Crippen LogP contribution in [0.4, 0.5) is 0 Å². The maximum Gasteiger partial charge on any atom is 0.296 e. The summed E-state index contributed by atoms with van der Waals surface area (Å²) in [5.41, 5.74) is 0. The summed E-state index contributed by atoms with van der Waals surface area (Å²) in [7, 11) is -2.53. The Kier molecular flexibility index (Phi) is 10.2. The molecule has 15 heavy (non-hydrogen) atoms. The average molecular weight is 230 g/mol. The normalized spacial score (nSPS) is 11.8. The summed E-state index contributed by atoms with van der Waals surface area (Å²) in [6.45, 7) is 10.8. The van der Waals surface area contributed by atoms with E-state index in [1.54, 1.807) is 0 Å². The molecule has 0 saturated heterocycles. The molecule has 0 aromatic heterocycles. The molecular weight excluding hydrogens is 212 g/mol. The molecule has 3 nitrogen and oxygen atoms in total. The van der Waals surface area contributed by atoms with Crippen molar-refractivity contribution in [3.8, 4) is 0 Å². The molecule has 0 amide bonds. The summed E-state index contributed by atoms with van der Waals surface area (Å²) in [6, 6.07) is 0. The smallest absolute Gasteiger partial charge is 0.270 e. The summed E-state index contributed by atoms with van der Waals surface area (Å²) in [4.78, 5) is 0.0462. The Morgan fingerprint density at radius 2 is 1.73 bits per heavy atom. The van der Waals surface area contributed by atoms with Gasteiger partial charge in [0, 0.05) is 0 Å². The van der Waals surface area contributed by atoms with Crippen LogP contribution in [0.2, 0.25) is 0 Å². The van der Waals surface area contributed by atoms with Crippen molar-refractivity contribution in [1.82, 2.24) is 0 Å². The fourth-order valence-electron chi connectivity index (χ4n) is 0.597. The minimum Gasteiger partial charge on any atom is -0.270 e. The first kappa shape index (κ1) is 16.3. The van der Waals surface area contributed by atoms with Gasteiger partial charge in [-0.15, -0.1) is 0 Å². The highest BCUT2D eigenvalue weighted by Crippen LogP contribution is 2.09. The molecule has 0 radical (unpaired) electrons. The lowest BCUT2D eigenvalue weighted by Gasteiger charge is -1.99. The van der Waals surface area contributed by atoms with Crippen LogP contribution in [0.1, 0.15) is 13.8 Å². The van der Waals surface area contributed by atoms with Gasteiger partial charge in [0.25, 0.3) is 10.1 Å². The van der Waals surface area contributed by atoms with E-state index in [0.717, 1.165) is 7.11 Å². The van der Waals surface area contributed by atoms with Crippen molar-refractivity contribution >= 4 is 10.1 Å². The maximum absolute atomic E-state index is 11.2. The first-order chi connectivity index (χ1) is 7.08. The summed E-state index contributed by atoms with van der Waals surface area (Å²) < 4.78 is 26.7. The van der Waals surface area contributed by atoms with Crippen LogP contribution in [0, 0.1) is 0 Å². The molecule has 0 rings (SSSR count). The fourth-order valence-corrected chi connectivity index (χ4v) is 1.30. The summed E-state index contributed by atoms with van der Waals surface area (Å²) in [5.74, 6) is 0. The van der Waals surface area contributed by atoms with Gasteiger partial charge in [0.2, 0.25) is 0 Å². The predicted molar refractivity (Wildman–Crippen MR) is 64.9 cm³/mol. The highest BCUT2D eigenvalue weighted by Gasteiger charge is 2.12. The van der Waals surface area contributed by atoms with Crippen LogP contribution >= 0.6 is 0 Å². The molecule has 86 valence electrons. The molecule has 0 aliphatic carbocycles. The molecule has 0 aromatic carbocycles. The second-order valence-corrected chi connectivity index (χ2v) is 3.73. The van der Waals surface area contributed by atoms with Crippen LogP contribution in [-0.4, -0.2) is 15.5 Å². The van der Waals surface area contributed by atoms with Gasteiger partial charge in [-0.1, -0.05) is 45.2 Å². The quantitative estimate of drug-likeness (QED) is 0.539. The van der Waals surface area contributed by atoms with Gasteiger partial charge < -0.3 is 0 Å². The first-order valence-electron chi connectivity index (χ1n) is 4.51. The Hall–Kier alpha value is -1.13. The second-order valence-electron chi connectivity index (χ2n) is 2.02. The molecule has 0 fully saturated rings. The van der Waals surface area contributed by atoms with Gasteiger partial charge in [0.1, 0.15) is 0 Å². The Morgan fingerprint density at radius 3 is 2.07 bits per heavy atom. The minimum absolute atomic E-state index is 0.0462. The molecule has 0 unspecified atom stereocenters. The van der Waals surface area contributed by atoms with Crippen molar-refractivity contribution in [2.45, 2.75) is 13.8 Å². The zero-order valence-electron chi connectivity index (χ0n) is 9.43. The van der Waals surface area contributed by atoms with Crippen LogP contribution in [0.25, 0.3) is 0 Å². The van der Waals surface area contributed by atoms with Crippen LogP contribution in [0.3, 0.4) is 0 Å². The summed E-state index contributed by atoms with van der Waals surface area (Å²) in [5, 5.41) is 0. The van der Waals surface area contributed by atoms with Crippen LogP contribution < -0.4 is 0 Å². The zero-order valence-corrected chi connectivity index (χ0v) is 10.3. The second kappa shape index (κ2) is 9.43. The first-order valence-corrected chi connectivity index (χ1v) is 5.91. The van der Waals surface area contributed by atoms with E-state index in [-0.39, 0.29) is 4.91 Å². The third-order valence-electron chi connectivity index (χ3n) is 1.19. The van der Waals surface area contributed by atoms with E-state index in [9.17, 15) is 8.42 Å². The largest absolute Gasteiger partial charge is 0.296 e. The molecule has 4 heteroatoms. The Morgan fingerprint density at radius 1 is 1.20 bits per heavy atom. The molecule has 0 N–H and O–H groups in total. The van der Waals surface area contributed by atoms with E-state index in [0.29, 0.717) is 0 Å². The molecule has 0 aromatic rings. The SMILES string of the molecule is C=C/C=C\C(=C/C=C)S(=O)(=O)OC.CC. The lowest BCUT2D eigenvalue weighted by atomic mass is 10.4. The van der Waals surface area contributed by atoms with E-state index in [4.69, 9.17) is 0 Å². The highest BCUT2D eigenvalue weighted by molar-refractivity contribution is 7.90. The molecule has 0 spiro atoms. The van der Waals surface area contributed by atoms with Crippen molar-refractivity contribution in [3.63, 3.8) is 0 Å². The Bertz CT molecular complexity index is 335. The minimum atomic E-state index is -3.64. The van der Waals surface area contributed by atoms with Crippen molar-refractivity contribution in [2.75, 3.05) is 7.11 Å². The standard InChI is InChI=1S/C9H12O3S.C2H6/c1-4-6-8-9(7-5-2)13(10,11)12-3;1-2/h4-8H,1-2H2,3H3;1-2H3/b8-6-,9-7+;. The van der Waals surface area contributed by atoms with Gasteiger partial charge in [-0.3, -0.25) is 4.18 Å². The van der Waals surface area contributed by atoms with Gasteiger partial charge in [-0.25, -0.2) is 0 Å². The van der Waals surface area contributed by atoms with Crippen LogP contribution in [0.15, 0.2) is 48.4 Å². The zero-order chi connectivity index (χ0) is 12.3. The van der Waals surface area contributed by atoms with E-state index < -0.39 is 10.1 Å². The Balaban J connectivity index is 0. The van der Waals surface area contributed by atoms with Crippen molar-refractivity contribution in [3.05, 3.63) is 48.4 Å². The van der Waals surface area contributed by atoms with Gasteiger partial charge >= 0.3 is 0 Å². The van der Waals surface area contributed by atoms with Crippen LogP contribution in [-0.2, 0) is 14.3 Å². The monoisotopic (exact) mass is 230 g/mol. The number of allylic oxidation sites excluding steroid dienone is 5. The summed E-state index contributed by atoms with van der Waals surface area (Å²) in [6.07, 6.45) is 7.08. The third-order valence-corrected chi connectivity index (χ3v) is 2.48.